The SMILES string of the molecule is CC(=O)N(c1ccccc1)c1nc(COC(=O)c2c(-c3c(F)cccc3Cl)noc2C)cs1. The molecule has 2 aromatic heterocycles. The Morgan fingerprint density at radius 2 is 1.94 bits per heavy atom. The van der Waals surface area contributed by atoms with Crippen LogP contribution in [0.15, 0.2) is 58.4 Å². The number of para-hydroxylation sites is 1. The zero-order chi connectivity index (χ0) is 23.5. The monoisotopic (exact) mass is 485 g/mol. The number of esters is 1. The number of thiazole rings is 1. The molecule has 0 spiro atoms. The first-order valence-electron chi connectivity index (χ1n) is 9.74. The summed E-state index contributed by atoms with van der Waals surface area (Å²) in [6, 6.07) is 13.2. The molecule has 0 aliphatic rings. The summed E-state index contributed by atoms with van der Waals surface area (Å²) in [6.07, 6.45) is 0. The zero-order valence-corrected chi connectivity index (χ0v) is 19.1. The fourth-order valence-corrected chi connectivity index (χ4v) is 4.31. The molecule has 4 aromatic rings. The Morgan fingerprint density at radius 1 is 1.18 bits per heavy atom. The Bertz CT molecular complexity index is 1300. The lowest BCUT2D eigenvalue weighted by atomic mass is 10.1. The average molecular weight is 486 g/mol. The molecule has 0 saturated carbocycles. The Kier molecular flexibility index (Phi) is 6.52. The van der Waals surface area contributed by atoms with Crippen LogP contribution >= 0.6 is 22.9 Å². The van der Waals surface area contributed by atoms with Crippen LogP contribution in [0.1, 0.15) is 28.7 Å². The van der Waals surface area contributed by atoms with Crippen LogP contribution in [0.5, 0.6) is 0 Å². The third kappa shape index (κ3) is 4.64. The molecule has 33 heavy (non-hydrogen) atoms. The van der Waals surface area contributed by atoms with Gasteiger partial charge in [0.1, 0.15) is 29.4 Å². The molecule has 10 heteroatoms. The number of hydrogen-bond acceptors (Lipinski definition) is 7. The van der Waals surface area contributed by atoms with Gasteiger partial charge >= 0.3 is 5.97 Å². The zero-order valence-electron chi connectivity index (χ0n) is 17.5. The van der Waals surface area contributed by atoms with E-state index < -0.39 is 11.8 Å². The average Bonchev–Trinajstić information content (AvgIpc) is 3.39. The Balaban J connectivity index is 1.54. The molecule has 2 heterocycles. The van der Waals surface area contributed by atoms with Gasteiger partial charge in [-0.2, -0.15) is 0 Å². The van der Waals surface area contributed by atoms with E-state index in [1.807, 2.05) is 18.2 Å². The second-order valence-electron chi connectivity index (χ2n) is 6.95. The van der Waals surface area contributed by atoms with E-state index in [1.54, 1.807) is 17.5 Å². The van der Waals surface area contributed by atoms with Gasteiger partial charge in [-0.1, -0.05) is 41.0 Å². The minimum absolute atomic E-state index is 0.0212. The van der Waals surface area contributed by atoms with Gasteiger partial charge in [0.25, 0.3) is 0 Å². The van der Waals surface area contributed by atoms with Crippen LogP contribution in [-0.2, 0) is 16.1 Å². The van der Waals surface area contributed by atoms with Gasteiger partial charge in [-0.3, -0.25) is 9.69 Å². The molecular formula is C23H17ClFN3O4S. The van der Waals surface area contributed by atoms with Crippen molar-refractivity contribution in [1.82, 2.24) is 10.1 Å². The highest BCUT2D eigenvalue weighted by Crippen LogP contribution is 2.34. The van der Waals surface area contributed by atoms with Crippen molar-refractivity contribution in [2.75, 3.05) is 4.90 Å². The van der Waals surface area contributed by atoms with Crippen LogP contribution in [0.25, 0.3) is 11.3 Å². The van der Waals surface area contributed by atoms with Crippen molar-refractivity contribution in [2.24, 2.45) is 0 Å². The number of amides is 1. The van der Waals surface area contributed by atoms with Crippen LogP contribution in [-0.4, -0.2) is 22.0 Å². The second-order valence-corrected chi connectivity index (χ2v) is 8.19. The first-order chi connectivity index (χ1) is 15.9. The van der Waals surface area contributed by atoms with Crippen molar-refractivity contribution in [2.45, 2.75) is 20.5 Å². The van der Waals surface area contributed by atoms with Crippen LogP contribution in [0, 0.1) is 12.7 Å². The van der Waals surface area contributed by atoms with Crippen molar-refractivity contribution >= 4 is 45.6 Å². The number of aryl methyl sites for hydroxylation is 1. The maximum atomic E-state index is 14.4. The summed E-state index contributed by atoms with van der Waals surface area (Å²) < 4.78 is 24.9. The minimum Gasteiger partial charge on any atom is -0.455 e. The van der Waals surface area contributed by atoms with Crippen LogP contribution in [0.3, 0.4) is 0 Å². The lowest BCUT2D eigenvalue weighted by Gasteiger charge is -2.17. The first-order valence-corrected chi connectivity index (χ1v) is 11.0. The minimum atomic E-state index is -0.760. The third-order valence-corrected chi connectivity index (χ3v) is 5.87. The quantitative estimate of drug-likeness (QED) is 0.314. The van der Waals surface area contributed by atoms with E-state index in [0.29, 0.717) is 16.5 Å². The van der Waals surface area contributed by atoms with Gasteiger partial charge < -0.3 is 9.26 Å². The maximum absolute atomic E-state index is 14.4. The molecule has 7 nitrogen and oxygen atoms in total. The van der Waals surface area contributed by atoms with E-state index in [0.717, 1.165) is 0 Å². The van der Waals surface area contributed by atoms with Crippen LogP contribution < -0.4 is 4.90 Å². The number of aromatic nitrogens is 2. The number of benzene rings is 2. The smallest absolute Gasteiger partial charge is 0.344 e. The Hall–Kier alpha value is -3.56. The highest BCUT2D eigenvalue weighted by Gasteiger charge is 2.27. The van der Waals surface area contributed by atoms with E-state index in [2.05, 4.69) is 10.1 Å². The van der Waals surface area contributed by atoms with Crippen LogP contribution in [0.2, 0.25) is 5.02 Å². The molecule has 0 atom stereocenters. The van der Waals surface area contributed by atoms with Gasteiger partial charge in [0.05, 0.1) is 22.0 Å². The summed E-state index contributed by atoms with van der Waals surface area (Å²) in [7, 11) is 0. The molecular weight excluding hydrogens is 469 g/mol. The number of ether oxygens (including phenoxy) is 1. The summed E-state index contributed by atoms with van der Waals surface area (Å²) >= 11 is 7.36. The third-order valence-electron chi connectivity index (χ3n) is 4.68. The fraction of sp³-hybridized carbons (Fsp3) is 0.130. The second kappa shape index (κ2) is 9.51. The number of carbonyl (C=O) groups excluding carboxylic acids is 2. The molecule has 168 valence electrons. The summed E-state index contributed by atoms with van der Waals surface area (Å²) in [6.45, 7) is 2.80. The lowest BCUT2D eigenvalue weighted by molar-refractivity contribution is -0.115. The molecule has 0 bridgehead atoms. The van der Waals surface area contributed by atoms with E-state index in [4.69, 9.17) is 20.9 Å². The molecule has 0 fully saturated rings. The van der Waals surface area contributed by atoms with Gasteiger partial charge in [0.2, 0.25) is 5.91 Å². The maximum Gasteiger partial charge on any atom is 0.344 e. The molecule has 1 amide bonds. The number of anilines is 2. The standard InChI is InChI=1S/C23H17ClFN3O4S/c1-13-19(21(27-32-13)20-17(24)9-6-10-18(20)25)22(30)31-11-15-12-33-23(26-15)28(14(2)29)16-7-4-3-5-8-16/h3-10,12H,11H2,1-2H3. The molecule has 0 unspecified atom stereocenters. The number of rotatable bonds is 6. The highest BCUT2D eigenvalue weighted by atomic mass is 35.5. The number of nitrogens with zero attached hydrogens (tertiary/aromatic N) is 3. The van der Waals surface area contributed by atoms with Crippen molar-refractivity contribution in [3.8, 4) is 11.3 Å². The van der Waals surface area contributed by atoms with Crippen molar-refractivity contribution in [3.63, 3.8) is 0 Å². The van der Waals surface area contributed by atoms with Crippen molar-refractivity contribution in [1.29, 1.82) is 0 Å². The summed E-state index contributed by atoms with van der Waals surface area (Å²) in [5.41, 5.74) is 1.02. The topological polar surface area (TPSA) is 85.5 Å². The number of hydrogen-bond donors (Lipinski definition) is 0. The molecule has 2 aromatic carbocycles. The summed E-state index contributed by atoms with van der Waals surface area (Å²) in [4.78, 5) is 30.9. The first kappa shape index (κ1) is 22.6. The van der Waals surface area contributed by atoms with Crippen molar-refractivity contribution in [3.05, 3.63) is 81.8 Å². The molecule has 0 aliphatic heterocycles. The number of halogens is 2. The van der Waals surface area contributed by atoms with Gasteiger partial charge in [-0.15, -0.1) is 11.3 Å². The molecule has 0 radical (unpaired) electrons. The van der Waals surface area contributed by atoms with E-state index in [9.17, 15) is 14.0 Å². The van der Waals surface area contributed by atoms with Crippen molar-refractivity contribution < 1.29 is 23.2 Å². The summed E-state index contributed by atoms with van der Waals surface area (Å²) in [5, 5.41) is 6.03. The highest BCUT2D eigenvalue weighted by molar-refractivity contribution is 7.14. The van der Waals surface area contributed by atoms with Gasteiger partial charge in [-0.05, 0) is 31.2 Å². The predicted molar refractivity (Wildman–Crippen MR) is 122 cm³/mol. The normalized spacial score (nSPS) is 10.8. The fourth-order valence-electron chi connectivity index (χ4n) is 3.19. The van der Waals surface area contributed by atoms with Gasteiger partial charge in [0, 0.05) is 12.3 Å². The summed E-state index contributed by atoms with van der Waals surface area (Å²) in [5.74, 6) is -1.44. The largest absolute Gasteiger partial charge is 0.455 e. The van der Waals surface area contributed by atoms with Crippen LogP contribution in [0.4, 0.5) is 15.2 Å². The van der Waals surface area contributed by atoms with E-state index >= 15 is 0 Å². The molecule has 4 rings (SSSR count). The lowest BCUT2D eigenvalue weighted by Crippen LogP contribution is -2.22. The molecule has 0 saturated heterocycles. The van der Waals surface area contributed by atoms with E-state index in [1.165, 1.54) is 48.3 Å². The van der Waals surface area contributed by atoms with Gasteiger partial charge in [0.15, 0.2) is 5.13 Å². The van der Waals surface area contributed by atoms with Gasteiger partial charge in [-0.25, -0.2) is 14.2 Å². The Labute approximate surface area is 197 Å². The van der Waals surface area contributed by atoms with E-state index in [-0.39, 0.29) is 40.1 Å². The molecule has 0 N–H and O–H groups in total. The molecule has 0 aliphatic carbocycles. The Morgan fingerprint density at radius 3 is 2.64 bits per heavy atom. The predicted octanol–water partition coefficient (Wildman–Crippen LogP) is 5.94. The number of carbonyl (C=O) groups is 2.